The lowest BCUT2D eigenvalue weighted by molar-refractivity contribution is -0.120. The minimum atomic E-state index is -0.651. The van der Waals surface area contributed by atoms with Gasteiger partial charge in [0, 0.05) is 33.3 Å². The molecule has 2 aromatic heterocycles. The molecule has 40 heavy (non-hydrogen) atoms. The van der Waals surface area contributed by atoms with Crippen molar-refractivity contribution < 1.29 is 14.4 Å². The first kappa shape index (κ1) is 26.0. The fourth-order valence-electron chi connectivity index (χ4n) is 5.46. The van der Waals surface area contributed by atoms with Crippen LogP contribution in [-0.2, 0) is 10.3 Å². The predicted octanol–water partition coefficient (Wildman–Crippen LogP) is 4.37. The fraction of sp³-hybridized carbons (Fsp3) is 0.333. The van der Waals surface area contributed by atoms with Gasteiger partial charge in [-0.15, -0.1) is 5.10 Å². The summed E-state index contributed by atoms with van der Waals surface area (Å²) in [5.41, 5.74) is 7.52. The largest absolute Gasteiger partial charge is 0.351 e. The molecular weight excluding hydrogens is 578 g/mol. The quantitative estimate of drug-likeness (QED) is 0.314. The Morgan fingerprint density at radius 1 is 1.07 bits per heavy atom. The van der Waals surface area contributed by atoms with E-state index in [0.717, 1.165) is 16.5 Å². The van der Waals surface area contributed by atoms with E-state index in [1.807, 2.05) is 39.0 Å². The van der Waals surface area contributed by atoms with Crippen molar-refractivity contribution in [2.45, 2.75) is 51.2 Å². The van der Waals surface area contributed by atoms with E-state index < -0.39 is 18.1 Å². The lowest BCUT2D eigenvalue weighted by Crippen LogP contribution is -2.47. The Hall–Kier alpha value is -4.26. The Kier molecular flexibility index (Phi) is 6.13. The highest BCUT2D eigenvalue weighted by Crippen LogP contribution is 2.48. The summed E-state index contributed by atoms with van der Waals surface area (Å²) < 4.78 is 3.77. The van der Waals surface area contributed by atoms with Gasteiger partial charge in [-0.3, -0.25) is 9.36 Å². The van der Waals surface area contributed by atoms with Crippen LogP contribution in [0.25, 0.3) is 22.3 Å². The van der Waals surface area contributed by atoms with E-state index in [1.54, 1.807) is 33.8 Å². The average molecular weight is 606 g/mol. The van der Waals surface area contributed by atoms with Crippen molar-refractivity contribution in [3.8, 4) is 11.4 Å². The van der Waals surface area contributed by atoms with Crippen molar-refractivity contribution in [1.29, 1.82) is 0 Å². The zero-order valence-corrected chi connectivity index (χ0v) is 23.7. The number of piperidine rings is 1. The van der Waals surface area contributed by atoms with Crippen molar-refractivity contribution >= 4 is 56.2 Å². The summed E-state index contributed by atoms with van der Waals surface area (Å²) in [4.78, 5) is 40.6. The molecule has 1 saturated heterocycles. The molecule has 1 aliphatic heterocycles. The van der Waals surface area contributed by atoms with E-state index in [2.05, 4.69) is 42.1 Å². The molecule has 4 aromatic rings. The number of hydrogen-bond donors (Lipinski definition) is 3. The number of carbonyl (C=O) groups excluding carboxylic acids is 3. The lowest BCUT2D eigenvalue weighted by Gasteiger charge is -2.27. The number of urea groups is 1. The number of nitrogens with two attached hydrogens (primary N) is 1. The van der Waals surface area contributed by atoms with E-state index in [9.17, 15) is 14.4 Å². The number of amides is 4. The van der Waals surface area contributed by atoms with Gasteiger partial charge in [-0.25, -0.2) is 14.3 Å². The van der Waals surface area contributed by atoms with Crippen molar-refractivity contribution in [3.05, 3.63) is 53.1 Å². The number of halogens is 1. The van der Waals surface area contributed by atoms with Crippen LogP contribution < -0.4 is 16.4 Å². The van der Waals surface area contributed by atoms with Gasteiger partial charge in [0.15, 0.2) is 5.82 Å². The number of anilines is 2. The second-order valence-electron chi connectivity index (χ2n) is 11.2. The normalized spacial score (nSPS) is 19.9. The number of tetrazole rings is 1. The summed E-state index contributed by atoms with van der Waals surface area (Å²) in [6.07, 6.45) is 2.95. The fourth-order valence-corrected chi connectivity index (χ4v) is 5.95. The van der Waals surface area contributed by atoms with E-state index in [4.69, 9.17) is 5.73 Å². The van der Waals surface area contributed by atoms with Gasteiger partial charge in [0.1, 0.15) is 6.04 Å². The molecule has 6 rings (SSSR count). The zero-order valence-electron chi connectivity index (χ0n) is 22.1. The maximum Gasteiger partial charge on any atom is 0.323 e. The van der Waals surface area contributed by atoms with Gasteiger partial charge in [-0.05, 0) is 74.2 Å². The van der Waals surface area contributed by atoms with Crippen LogP contribution in [-0.4, -0.2) is 59.7 Å². The number of primary amides is 1. The smallest absolute Gasteiger partial charge is 0.323 e. The first-order valence-electron chi connectivity index (χ1n) is 12.9. The Morgan fingerprint density at radius 2 is 1.85 bits per heavy atom. The molecule has 3 heterocycles. The Balaban J connectivity index is 1.23. The molecule has 0 unspecified atom stereocenters. The van der Waals surface area contributed by atoms with Crippen molar-refractivity contribution in [2.75, 3.05) is 10.6 Å². The number of fused-ring (bicyclic) bond motifs is 2. The molecule has 206 valence electrons. The third kappa shape index (κ3) is 4.59. The third-order valence-electron chi connectivity index (χ3n) is 7.36. The van der Waals surface area contributed by atoms with E-state index in [-0.39, 0.29) is 23.4 Å². The lowest BCUT2D eigenvalue weighted by atomic mass is 10.1. The number of hydrogen-bond acceptors (Lipinski definition) is 6. The van der Waals surface area contributed by atoms with Gasteiger partial charge in [-0.2, -0.15) is 0 Å². The SMILES string of the molecule is CC(C)(C)n1nnnc1-c1cc(Br)cc(NC(=O)[C@@H]2C[C@H]3C[C@H]3N2C(=O)Nc2cn(C(N)=O)c3ccccc23)c1. The van der Waals surface area contributed by atoms with Crippen LogP contribution in [0, 0.1) is 5.92 Å². The molecule has 12 nitrogen and oxygen atoms in total. The van der Waals surface area contributed by atoms with Gasteiger partial charge in [0.25, 0.3) is 0 Å². The van der Waals surface area contributed by atoms with Crippen LogP contribution in [0.3, 0.4) is 0 Å². The summed E-state index contributed by atoms with van der Waals surface area (Å²) in [6, 6.07) is 11.0. The van der Waals surface area contributed by atoms with E-state index in [1.165, 1.54) is 10.8 Å². The van der Waals surface area contributed by atoms with Crippen molar-refractivity contribution in [1.82, 2.24) is 29.7 Å². The van der Waals surface area contributed by atoms with Crippen LogP contribution in [0.5, 0.6) is 0 Å². The minimum absolute atomic E-state index is 0.00489. The summed E-state index contributed by atoms with van der Waals surface area (Å²) in [5.74, 6) is 0.576. The zero-order chi connectivity index (χ0) is 28.3. The van der Waals surface area contributed by atoms with Gasteiger partial charge >= 0.3 is 12.1 Å². The third-order valence-corrected chi connectivity index (χ3v) is 7.82. The first-order chi connectivity index (χ1) is 19.0. The first-order valence-corrected chi connectivity index (χ1v) is 13.7. The van der Waals surface area contributed by atoms with Gasteiger partial charge in [0.2, 0.25) is 5.91 Å². The maximum absolute atomic E-state index is 13.5. The molecule has 0 spiro atoms. The molecule has 2 fully saturated rings. The highest BCUT2D eigenvalue weighted by atomic mass is 79.9. The molecule has 1 aliphatic carbocycles. The number of nitrogens with zero attached hydrogens (tertiary/aromatic N) is 6. The molecule has 2 aromatic carbocycles. The Bertz CT molecular complexity index is 1670. The second-order valence-corrected chi connectivity index (χ2v) is 12.1. The van der Waals surface area contributed by atoms with Gasteiger partial charge in [-0.1, -0.05) is 34.1 Å². The number of benzene rings is 2. The molecule has 4 amide bonds. The Labute approximate surface area is 238 Å². The number of para-hydroxylation sites is 1. The molecule has 3 atom stereocenters. The maximum atomic E-state index is 13.5. The number of likely N-dealkylation sites (tertiary alicyclic amines) is 1. The Morgan fingerprint density at radius 3 is 2.60 bits per heavy atom. The molecule has 2 aliphatic rings. The monoisotopic (exact) mass is 605 g/mol. The molecule has 0 bridgehead atoms. The van der Waals surface area contributed by atoms with Crippen molar-refractivity contribution in [2.24, 2.45) is 11.7 Å². The second kappa shape index (κ2) is 9.44. The predicted molar refractivity (Wildman–Crippen MR) is 153 cm³/mol. The van der Waals surface area contributed by atoms with Crippen LogP contribution in [0.1, 0.15) is 33.6 Å². The highest BCUT2D eigenvalue weighted by molar-refractivity contribution is 9.10. The van der Waals surface area contributed by atoms with Crippen LogP contribution in [0.2, 0.25) is 0 Å². The van der Waals surface area contributed by atoms with E-state index >= 15 is 0 Å². The van der Waals surface area contributed by atoms with Crippen LogP contribution in [0.15, 0.2) is 53.1 Å². The summed E-state index contributed by atoms with van der Waals surface area (Å²) in [7, 11) is 0. The number of carbonyl (C=O) groups is 3. The number of aromatic nitrogens is 5. The number of nitrogens with one attached hydrogen (secondary N) is 2. The van der Waals surface area contributed by atoms with Gasteiger partial charge in [0.05, 0.1) is 16.7 Å². The summed E-state index contributed by atoms with van der Waals surface area (Å²) in [5, 5.41) is 18.7. The molecule has 0 radical (unpaired) electrons. The van der Waals surface area contributed by atoms with E-state index in [0.29, 0.717) is 34.5 Å². The topological polar surface area (TPSA) is 153 Å². The van der Waals surface area contributed by atoms with Crippen molar-refractivity contribution in [3.63, 3.8) is 0 Å². The molecule has 4 N–H and O–H groups in total. The molecule has 1 saturated carbocycles. The van der Waals surface area contributed by atoms with Crippen LogP contribution >= 0.6 is 15.9 Å². The summed E-state index contributed by atoms with van der Waals surface area (Å²) in [6.45, 7) is 6.01. The standard InChI is InChI=1S/C27H28BrN9O3/c1-27(2,3)37-23(32-33-34-37)15-8-16(28)12-17(9-15)30-24(38)22-11-14-10-21(14)36(22)26(40)31-19-13-35(25(29)39)20-7-5-4-6-18(19)20/h4-9,12-14,21-22H,10-11H2,1-3H3,(H2,29,39)(H,30,38)(H,31,40)/t14-,21-,22+/m1/s1. The average Bonchev–Trinajstić information content (AvgIpc) is 3.25. The van der Waals surface area contributed by atoms with Gasteiger partial charge < -0.3 is 21.3 Å². The minimum Gasteiger partial charge on any atom is -0.351 e. The van der Waals surface area contributed by atoms with Crippen LogP contribution in [0.4, 0.5) is 21.0 Å². The molecular formula is C27H28BrN9O3. The molecule has 13 heteroatoms. The summed E-state index contributed by atoms with van der Waals surface area (Å²) >= 11 is 3.53. The highest BCUT2D eigenvalue weighted by Gasteiger charge is 2.56. The number of rotatable bonds is 4.